The molecular weight excluding hydrogens is 271 g/mol. The normalized spacial score (nSPS) is 12.2. The number of fused-ring (bicyclic) bond motifs is 1. The predicted molar refractivity (Wildman–Crippen MR) is 69.4 cm³/mol. The maximum atomic E-state index is 12.7. The van der Waals surface area contributed by atoms with Crippen LogP contribution in [-0.2, 0) is 24.0 Å². The van der Waals surface area contributed by atoms with Crippen LogP contribution in [0.4, 0.5) is 13.2 Å². The zero-order valence-electron chi connectivity index (χ0n) is 11.3. The van der Waals surface area contributed by atoms with Crippen molar-refractivity contribution in [3.8, 4) is 0 Å². The molecule has 4 nitrogen and oxygen atoms in total. The van der Waals surface area contributed by atoms with Crippen LogP contribution in [-0.4, -0.2) is 30.3 Å². The lowest BCUT2D eigenvalue weighted by Gasteiger charge is -2.09. The summed E-state index contributed by atoms with van der Waals surface area (Å²) < 4.78 is 45.0. The molecule has 7 heteroatoms. The van der Waals surface area contributed by atoms with Gasteiger partial charge in [0.15, 0.2) is 0 Å². The summed E-state index contributed by atoms with van der Waals surface area (Å²) in [6.45, 7) is 1.51. The van der Waals surface area contributed by atoms with E-state index in [-0.39, 0.29) is 0 Å². The number of alkyl halides is 3. The second kappa shape index (κ2) is 5.80. The lowest BCUT2D eigenvalue weighted by Crippen LogP contribution is -2.14. The van der Waals surface area contributed by atoms with Crippen LogP contribution in [0.2, 0.25) is 0 Å². The van der Waals surface area contributed by atoms with Gasteiger partial charge < -0.3 is 14.6 Å². The van der Waals surface area contributed by atoms with E-state index in [1.807, 2.05) is 4.57 Å². The molecule has 0 saturated heterocycles. The van der Waals surface area contributed by atoms with E-state index in [2.05, 4.69) is 10.3 Å². The average Bonchev–Trinajstić information content (AvgIpc) is 2.72. The summed E-state index contributed by atoms with van der Waals surface area (Å²) in [6, 6.07) is 3.62. The highest BCUT2D eigenvalue weighted by atomic mass is 19.4. The Hall–Kier alpha value is -1.60. The number of nitrogens with zero attached hydrogens (tertiary/aromatic N) is 2. The average molecular weight is 287 g/mol. The molecule has 0 aliphatic heterocycles. The van der Waals surface area contributed by atoms with Crippen molar-refractivity contribution < 1.29 is 17.9 Å². The Bertz CT molecular complexity index is 592. The fraction of sp³-hybridized carbons (Fsp3) is 0.462. The monoisotopic (exact) mass is 287 g/mol. The van der Waals surface area contributed by atoms with E-state index < -0.39 is 11.7 Å². The van der Waals surface area contributed by atoms with Gasteiger partial charge in [0.1, 0.15) is 5.82 Å². The minimum Gasteiger partial charge on any atom is -0.383 e. The maximum absolute atomic E-state index is 12.7. The van der Waals surface area contributed by atoms with Crippen LogP contribution in [0.1, 0.15) is 11.4 Å². The Morgan fingerprint density at radius 2 is 2.10 bits per heavy atom. The van der Waals surface area contributed by atoms with Gasteiger partial charge in [-0.15, -0.1) is 0 Å². The van der Waals surface area contributed by atoms with Crippen LogP contribution in [0, 0.1) is 0 Å². The van der Waals surface area contributed by atoms with E-state index in [0.29, 0.717) is 36.6 Å². The van der Waals surface area contributed by atoms with Crippen LogP contribution < -0.4 is 5.32 Å². The fourth-order valence-electron chi connectivity index (χ4n) is 2.08. The minimum atomic E-state index is -4.35. The molecule has 0 atom stereocenters. The van der Waals surface area contributed by atoms with Crippen molar-refractivity contribution in [2.24, 2.45) is 0 Å². The molecule has 0 fully saturated rings. The molecule has 1 aromatic heterocycles. The van der Waals surface area contributed by atoms with Crippen molar-refractivity contribution in [3.63, 3.8) is 0 Å². The third kappa shape index (κ3) is 2.94. The summed E-state index contributed by atoms with van der Waals surface area (Å²) >= 11 is 0. The molecule has 0 aliphatic carbocycles. The number of ether oxygens (including phenoxy) is 1. The van der Waals surface area contributed by atoms with Crippen molar-refractivity contribution in [1.29, 1.82) is 0 Å². The third-order valence-electron chi connectivity index (χ3n) is 3.01. The highest BCUT2D eigenvalue weighted by Crippen LogP contribution is 2.31. The Morgan fingerprint density at radius 3 is 2.70 bits per heavy atom. The van der Waals surface area contributed by atoms with Gasteiger partial charge in [-0.25, -0.2) is 4.98 Å². The van der Waals surface area contributed by atoms with Crippen molar-refractivity contribution in [1.82, 2.24) is 14.9 Å². The number of nitrogens with one attached hydrogen (secondary N) is 1. The van der Waals surface area contributed by atoms with Gasteiger partial charge in [0, 0.05) is 13.7 Å². The molecule has 2 aromatic rings. The molecule has 0 aliphatic rings. The topological polar surface area (TPSA) is 39.1 Å². The third-order valence-corrected chi connectivity index (χ3v) is 3.01. The molecule has 110 valence electrons. The Balaban J connectivity index is 2.49. The fourth-order valence-corrected chi connectivity index (χ4v) is 2.08. The Morgan fingerprint density at radius 1 is 1.35 bits per heavy atom. The standard InChI is InChI=1S/C13H16F3N3O/c1-17-8-12-18-10-7-9(13(14,15)16)3-4-11(10)19(12)5-6-20-2/h3-4,7,17H,5-6,8H2,1-2H3. The molecule has 1 heterocycles. The first-order valence-corrected chi connectivity index (χ1v) is 6.17. The molecule has 1 aromatic carbocycles. The van der Waals surface area contributed by atoms with E-state index in [1.165, 1.54) is 6.07 Å². The van der Waals surface area contributed by atoms with Gasteiger partial charge in [-0.05, 0) is 25.2 Å². The van der Waals surface area contributed by atoms with Gasteiger partial charge in [-0.3, -0.25) is 0 Å². The predicted octanol–water partition coefficient (Wildman–Crippen LogP) is 2.42. The van der Waals surface area contributed by atoms with Gasteiger partial charge in [0.2, 0.25) is 0 Å². The van der Waals surface area contributed by atoms with E-state index >= 15 is 0 Å². The SMILES string of the molecule is CNCc1nc2cc(C(F)(F)F)ccc2n1CCOC. The summed E-state index contributed by atoms with van der Waals surface area (Å²) in [5, 5.41) is 2.96. The number of aromatic nitrogens is 2. The van der Waals surface area contributed by atoms with E-state index in [0.717, 1.165) is 12.1 Å². The first-order chi connectivity index (χ1) is 9.47. The molecule has 0 radical (unpaired) electrons. The largest absolute Gasteiger partial charge is 0.416 e. The van der Waals surface area contributed by atoms with Crippen LogP contribution in [0.25, 0.3) is 11.0 Å². The molecule has 0 spiro atoms. The molecule has 0 amide bonds. The number of rotatable bonds is 5. The van der Waals surface area contributed by atoms with Gasteiger partial charge in [0.05, 0.1) is 29.7 Å². The van der Waals surface area contributed by atoms with Crippen LogP contribution in [0.5, 0.6) is 0 Å². The van der Waals surface area contributed by atoms with Crippen LogP contribution in [0.3, 0.4) is 0 Å². The summed E-state index contributed by atoms with van der Waals surface area (Å²) in [4.78, 5) is 4.27. The number of imidazole rings is 1. The summed E-state index contributed by atoms with van der Waals surface area (Å²) in [5.74, 6) is 0.693. The first-order valence-electron chi connectivity index (χ1n) is 6.17. The maximum Gasteiger partial charge on any atom is 0.416 e. The van der Waals surface area contributed by atoms with Gasteiger partial charge in [0.25, 0.3) is 0 Å². The van der Waals surface area contributed by atoms with Crippen LogP contribution >= 0.6 is 0 Å². The van der Waals surface area contributed by atoms with Crippen molar-refractivity contribution >= 4 is 11.0 Å². The number of methoxy groups -OCH3 is 1. The number of hydrogen-bond acceptors (Lipinski definition) is 3. The Labute approximate surface area is 114 Å². The number of halogens is 3. The molecule has 0 saturated carbocycles. The van der Waals surface area contributed by atoms with Crippen molar-refractivity contribution in [2.75, 3.05) is 20.8 Å². The smallest absolute Gasteiger partial charge is 0.383 e. The Kier molecular flexibility index (Phi) is 4.29. The highest BCUT2D eigenvalue weighted by Gasteiger charge is 2.31. The van der Waals surface area contributed by atoms with Crippen molar-refractivity contribution in [2.45, 2.75) is 19.3 Å². The minimum absolute atomic E-state index is 0.348. The summed E-state index contributed by atoms with van der Waals surface area (Å²) in [6.07, 6.45) is -4.35. The molecule has 0 unspecified atom stereocenters. The van der Waals surface area contributed by atoms with Gasteiger partial charge >= 0.3 is 6.18 Å². The van der Waals surface area contributed by atoms with E-state index in [1.54, 1.807) is 14.2 Å². The molecule has 1 N–H and O–H groups in total. The molecular formula is C13H16F3N3O. The van der Waals surface area contributed by atoms with Crippen LogP contribution in [0.15, 0.2) is 18.2 Å². The first kappa shape index (κ1) is 14.8. The summed E-state index contributed by atoms with van der Waals surface area (Å²) in [5.41, 5.74) is 0.346. The molecule has 20 heavy (non-hydrogen) atoms. The van der Waals surface area contributed by atoms with E-state index in [4.69, 9.17) is 4.74 Å². The zero-order valence-corrected chi connectivity index (χ0v) is 11.3. The number of hydrogen-bond donors (Lipinski definition) is 1. The van der Waals surface area contributed by atoms with Gasteiger partial charge in [-0.1, -0.05) is 0 Å². The second-order valence-corrected chi connectivity index (χ2v) is 4.40. The van der Waals surface area contributed by atoms with Crippen molar-refractivity contribution in [3.05, 3.63) is 29.6 Å². The summed E-state index contributed by atoms with van der Waals surface area (Å²) in [7, 11) is 3.35. The van der Waals surface area contributed by atoms with E-state index in [9.17, 15) is 13.2 Å². The molecule has 0 bridgehead atoms. The quantitative estimate of drug-likeness (QED) is 0.918. The lowest BCUT2D eigenvalue weighted by atomic mass is 10.2. The second-order valence-electron chi connectivity index (χ2n) is 4.40. The zero-order chi connectivity index (χ0) is 14.8. The van der Waals surface area contributed by atoms with Gasteiger partial charge in [-0.2, -0.15) is 13.2 Å². The highest BCUT2D eigenvalue weighted by molar-refractivity contribution is 5.77. The molecule has 2 rings (SSSR count). The lowest BCUT2D eigenvalue weighted by molar-refractivity contribution is -0.137. The number of benzene rings is 1.